The Morgan fingerprint density at radius 1 is 0.870 bits per heavy atom. The number of rotatable bonds is 14. The van der Waals surface area contributed by atoms with Gasteiger partial charge in [0.2, 0.25) is 0 Å². The number of carboxylic acids is 1. The quantitative estimate of drug-likeness (QED) is 0.411. The van der Waals surface area contributed by atoms with E-state index in [9.17, 15) is 9.90 Å². The Hall–Kier alpha value is -0.570. The van der Waals surface area contributed by atoms with E-state index in [2.05, 4.69) is 6.92 Å². The maximum atomic E-state index is 10.5. The van der Waals surface area contributed by atoms with Gasteiger partial charge in [-0.05, 0) is 37.5 Å². The molecule has 2 N–H and O–H groups in total. The minimum Gasteiger partial charge on any atom is -0.481 e. The summed E-state index contributed by atoms with van der Waals surface area (Å²) in [6, 6.07) is 0. The molecule has 3 heteroatoms. The Kier molecular flexibility index (Phi) is 11.4. The number of aliphatic hydroxyl groups is 1. The molecule has 0 aliphatic heterocycles. The summed E-state index contributed by atoms with van der Waals surface area (Å²) in [5.74, 6) is 0.551. The maximum absolute atomic E-state index is 10.5. The van der Waals surface area contributed by atoms with Crippen LogP contribution in [0.15, 0.2) is 0 Å². The van der Waals surface area contributed by atoms with E-state index < -0.39 is 5.97 Å². The smallest absolute Gasteiger partial charge is 0.303 e. The second kappa shape index (κ2) is 12.8. The fourth-order valence-corrected chi connectivity index (χ4v) is 4.11. The van der Waals surface area contributed by atoms with E-state index in [1.165, 1.54) is 51.4 Å². The zero-order valence-electron chi connectivity index (χ0n) is 15.1. The van der Waals surface area contributed by atoms with E-state index in [1.807, 2.05) is 0 Å². The molecule has 0 heterocycles. The van der Waals surface area contributed by atoms with Crippen LogP contribution in [0.2, 0.25) is 0 Å². The fourth-order valence-electron chi connectivity index (χ4n) is 4.11. The number of hydrogen-bond donors (Lipinski definition) is 2. The second-order valence-electron chi connectivity index (χ2n) is 7.47. The molecule has 3 nitrogen and oxygen atoms in total. The van der Waals surface area contributed by atoms with Gasteiger partial charge in [-0.1, -0.05) is 71.1 Å². The van der Waals surface area contributed by atoms with Crippen LogP contribution in [0.1, 0.15) is 103 Å². The standard InChI is InChI=1S/C20H38O3/c1-2-3-4-5-6-9-12-17-15-16-19(21)18(17)13-10-7-8-11-14-20(22)23/h17-19,21H,2-16H2,1H3,(H,22,23)/t17-,18+,19-/m0/s1. The molecule has 0 aromatic carbocycles. The summed E-state index contributed by atoms with van der Waals surface area (Å²) < 4.78 is 0. The van der Waals surface area contributed by atoms with E-state index in [1.54, 1.807) is 0 Å². The van der Waals surface area contributed by atoms with Crippen molar-refractivity contribution in [1.82, 2.24) is 0 Å². The van der Waals surface area contributed by atoms with Crippen LogP contribution in [0.4, 0.5) is 0 Å². The van der Waals surface area contributed by atoms with Crippen LogP contribution in [0.3, 0.4) is 0 Å². The van der Waals surface area contributed by atoms with Crippen LogP contribution in [-0.2, 0) is 4.79 Å². The lowest BCUT2D eigenvalue weighted by atomic mass is 9.85. The Balaban J connectivity index is 2.09. The fraction of sp³-hybridized carbons (Fsp3) is 0.950. The number of unbranched alkanes of at least 4 members (excludes halogenated alkanes) is 8. The van der Waals surface area contributed by atoms with Crippen molar-refractivity contribution in [3.8, 4) is 0 Å². The molecule has 1 fully saturated rings. The molecule has 1 aliphatic rings. The first-order valence-corrected chi connectivity index (χ1v) is 10.0. The van der Waals surface area contributed by atoms with Crippen molar-refractivity contribution in [2.45, 2.75) is 109 Å². The molecule has 0 saturated heterocycles. The Bertz CT molecular complexity index is 303. The molecule has 0 spiro atoms. The van der Waals surface area contributed by atoms with Gasteiger partial charge in [0, 0.05) is 6.42 Å². The van der Waals surface area contributed by atoms with E-state index in [4.69, 9.17) is 5.11 Å². The lowest BCUT2D eigenvalue weighted by molar-refractivity contribution is -0.137. The van der Waals surface area contributed by atoms with Gasteiger partial charge in [-0.2, -0.15) is 0 Å². The van der Waals surface area contributed by atoms with Gasteiger partial charge in [0.1, 0.15) is 0 Å². The van der Waals surface area contributed by atoms with Gasteiger partial charge in [0.25, 0.3) is 0 Å². The maximum Gasteiger partial charge on any atom is 0.303 e. The summed E-state index contributed by atoms with van der Waals surface area (Å²) in [5, 5.41) is 18.9. The SMILES string of the molecule is CCCCCCCC[C@H]1CC[C@H](O)[C@@H]1CCCCCCC(=O)O. The summed E-state index contributed by atoms with van der Waals surface area (Å²) in [5.41, 5.74) is 0. The van der Waals surface area contributed by atoms with Crippen LogP contribution in [0.5, 0.6) is 0 Å². The third-order valence-corrected chi connectivity index (χ3v) is 5.54. The van der Waals surface area contributed by atoms with Gasteiger partial charge in [0.15, 0.2) is 0 Å². The molecule has 1 aliphatic carbocycles. The summed E-state index contributed by atoms with van der Waals surface area (Å²) in [6.07, 6.45) is 17.0. The number of carboxylic acid groups (broad SMARTS) is 1. The summed E-state index contributed by atoms with van der Waals surface area (Å²) in [6.45, 7) is 2.26. The minimum absolute atomic E-state index is 0.0842. The number of aliphatic carboxylic acids is 1. The first kappa shape index (κ1) is 20.5. The van der Waals surface area contributed by atoms with Gasteiger partial charge in [-0.25, -0.2) is 0 Å². The Labute approximate surface area is 142 Å². The normalized spacial score (nSPS) is 24.2. The van der Waals surface area contributed by atoms with Crippen molar-refractivity contribution >= 4 is 5.97 Å². The van der Waals surface area contributed by atoms with Crippen LogP contribution in [0.25, 0.3) is 0 Å². The van der Waals surface area contributed by atoms with Crippen molar-refractivity contribution in [3.05, 3.63) is 0 Å². The molecule has 0 amide bonds. The molecule has 3 atom stereocenters. The largest absolute Gasteiger partial charge is 0.481 e. The van der Waals surface area contributed by atoms with Gasteiger partial charge < -0.3 is 10.2 Å². The predicted octanol–water partition coefficient (Wildman–Crippen LogP) is 5.55. The second-order valence-corrected chi connectivity index (χ2v) is 7.47. The first-order valence-electron chi connectivity index (χ1n) is 10.0. The molecule has 0 aromatic heterocycles. The van der Waals surface area contributed by atoms with Crippen LogP contribution in [-0.4, -0.2) is 22.3 Å². The molecule has 0 aromatic rings. The highest BCUT2D eigenvalue weighted by molar-refractivity contribution is 5.66. The number of carbonyl (C=O) groups is 1. The zero-order chi connectivity index (χ0) is 16.9. The van der Waals surface area contributed by atoms with Crippen molar-refractivity contribution in [2.75, 3.05) is 0 Å². The van der Waals surface area contributed by atoms with E-state index in [-0.39, 0.29) is 6.10 Å². The lowest BCUT2D eigenvalue weighted by Crippen LogP contribution is -2.19. The Morgan fingerprint density at radius 2 is 1.48 bits per heavy atom. The summed E-state index contributed by atoms with van der Waals surface area (Å²) in [7, 11) is 0. The lowest BCUT2D eigenvalue weighted by Gasteiger charge is -2.22. The molecule has 1 rings (SSSR count). The van der Waals surface area contributed by atoms with Crippen LogP contribution < -0.4 is 0 Å². The average Bonchev–Trinajstić information content (AvgIpc) is 2.86. The third-order valence-electron chi connectivity index (χ3n) is 5.54. The molecular weight excluding hydrogens is 288 g/mol. The van der Waals surface area contributed by atoms with E-state index in [0.717, 1.165) is 44.4 Å². The van der Waals surface area contributed by atoms with Crippen molar-refractivity contribution < 1.29 is 15.0 Å². The summed E-state index contributed by atoms with van der Waals surface area (Å²) in [4.78, 5) is 10.5. The van der Waals surface area contributed by atoms with E-state index in [0.29, 0.717) is 12.3 Å². The molecule has 23 heavy (non-hydrogen) atoms. The number of aliphatic hydroxyl groups excluding tert-OH is 1. The molecule has 0 bridgehead atoms. The third kappa shape index (κ3) is 9.34. The predicted molar refractivity (Wildman–Crippen MR) is 95.6 cm³/mol. The zero-order valence-corrected chi connectivity index (χ0v) is 15.1. The van der Waals surface area contributed by atoms with Crippen molar-refractivity contribution in [3.63, 3.8) is 0 Å². The average molecular weight is 327 g/mol. The molecular formula is C20H38O3. The molecule has 136 valence electrons. The monoisotopic (exact) mass is 326 g/mol. The van der Waals surface area contributed by atoms with Crippen molar-refractivity contribution in [1.29, 1.82) is 0 Å². The van der Waals surface area contributed by atoms with Crippen LogP contribution in [0, 0.1) is 11.8 Å². The Morgan fingerprint density at radius 3 is 2.17 bits per heavy atom. The highest BCUT2D eigenvalue weighted by Crippen LogP contribution is 2.38. The van der Waals surface area contributed by atoms with Gasteiger partial charge in [-0.15, -0.1) is 0 Å². The van der Waals surface area contributed by atoms with Crippen LogP contribution >= 0.6 is 0 Å². The summed E-state index contributed by atoms with van der Waals surface area (Å²) >= 11 is 0. The molecule has 0 unspecified atom stereocenters. The van der Waals surface area contributed by atoms with Gasteiger partial charge in [0.05, 0.1) is 6.10 Å². The topological polar surface area (TPSA) is 57.5 Å². The van der Waals surface area contributed by atoms with Crippen molar-refractivity contribution in [2.24, 2.45) is 11.8 Å². The van der Waals surface area contributed by atoms with Gasteiger partial charge >= 0.3 is 5.97 Å². The number of hydrogen-bond acceptors (Lipinski definition) is 2. The van der Waals surface area contributed by atoms with E-state index >= 15 is 0 Å². The first-order chi connectivity index (χ1) is 11.1. The highest BCUT2D eigenvalue weighted by atomic mass is 16.4. The molecule has 1 saturated carbocycles. The highest BCUT2D eigenvalue weighted by Gasteiger charge is 2.33. The minimum atomic E-state index is -0.685. The molecule has 0 radical (unpaired) electrons. The van der Waals surface area contributed by atoms with Gasteiger partial charge in [-0.3, -0.25) is 4.79 Å².